The van der Waals surface area contributed by atoms with Crippen molar-refractivity contribution in [3.8, 4) is 33.8 Å². The summed E-state index contributed by atoms with van der Waals surface area (Å²) in [6.07, 6.45) is 0. The van der Waals surface area contributed by atoms with E-state index in [1.807, 2.05) is 0 Å². The van der Waals surface area contributed by atoms with E-state index in [0.717, 1.165) is 94.9 Å². The maximum absolute atomic E-state index is 7.33. The van der Waals surface area contributed by atoms with Crippen LogP contribution in [0.1, 0.15) is 0 Å². The number of hydrogen-bond acceptors (Lipinski definition) is 5. The molecule has 0 radical (unpaired) electrons. The molecule has 1 unspecified atom stereocenters. The molecule has 0 fully saturated rings. The van der Waals surface area contributed by atoms with Crippen LogP contribution in [0, 0.1) is 0 Å². The van der Waals surface area contributed by atoms with Gasteiger partial charge in [0.2, 0.25) is 0 Å². The molecule has 0 bridgehead atoms. The normalized spacial score (nSPS) is 15.5. The highest BCUT2D eigenvalue weighted by molar-refractivity contribution is 8.26. The Morgan fingerprint density at radius 3 is 1.52 bits per heavy atom. The van der Waals surface area contributed by atoms with Crippen LogP contribution in [0.2, 0.25) is 0 Å². The van der Waals surface area contributed by atoms with Crippen molar-refractivity contribution >= 4 is 122 Å². The first-order valence-electron chi connectivity index (χ1n) is 22.4. The van der Waals surface area contributed by atoms with Gasteiger partial charge in [-0.3, -0.25) is 0 Å². The Bertz CT molecular complexity index is 4090. The van der Waals surface area contributed by atoms with Crippen molar-refractivity contribution in [2.24, 2.45) is 0 Å². The van der Waals surface area contributed by atoms with Crippen LogP contribution in [-0.4, -0.2) is 0 Å². The summed E-state index contributed by atoms with van der Waals surface area (Å²) in [7, 11) is 0. The minimum atomic E-state index is -2.68. The fourth-order valence-electron chi connectivity index (χ4n) is 11.4. The summed E-state index contributed by atoms with van der Waals surface area (Å²) in [4.78, 5) is 4.82. The maximum Gasteiger partial charge on any atom is 0.139 e. The first kappa shape index (κ1) is 36.4. The van der Waals surface area contributed by atoms with E-state index in [-0.39, 0.29) is 0 Å². The lowest BCUT2D eigenvalue weighted by Gasteiger charge is -2.49. The van der Waals surface area contributed by atoms with Crippen LogP contribution in [-0.2, 0) is 11.8 Å². The van der Waals surface area contributed by atoms with Crippen molar-refractivity contribution in [1.82, 2.24) is 0 Å². The average molecular weight is 879 g/mol. The number of ether oxygens (including phenoxy) is 1. The lowest BCUT2D eigenvalue weighted by Crippen LogP contribution is -2.45. The van der Waals surface area contributed by atoms with Gasteiger partial charge in [0.1, 0.15) is 22.7 Å². The second kappa shape index (κ2) is 13.3. The van der Waals surface area contributed by atoms with E-state index in [0.29, 0.717) is 0 Å². The van der Waals surface area contributed by atoms with E-state index in [9.17, 15) is 0 Å². The van der Waals surface area contributed by atoms with Crippen molar-refractivity contribution in [2.75, 3.05) is 9.80 Å². The Kier molecular flexibility index (Phi) is 7.34. The lowest BCUT2D eigenvalue weighted by molar-refractivity contribution is 0.489. The zero-order chi connectivity index (χ0) is 43.3. The van der Waals surface area contributed by atoms with Gasteiger partial charge in [0.15, 0.2) is 0 Å². The van der Waals surface area contributed by atoms with Crippen LogP contribution >= 0.6 is 6.04 Å². The Labute approximate surface area is 385 Å². The van der Waals surface area contributed by atoms with Crippen molar-refractivity contribution in [3.05, 3.63) is 212 Å². The van der Waals surface area contributed by atoms with E-state index in [1.54, 1.807) is 0 Å². The summed E-state index contributed by atoms with van der Waals surface area (Å²) in [6.45, 7) is 0. The molecule has 0 spiro atoms. The molecule has 0 amide bonds. The molecular formula is C60H35N2O2PS. The predicted octanol–water partition coefficient (Wildman–Crippen LogP) is 15.8. The first-order valence-corrected chi connectivity index (χ1v) is 25.2. The quantitative estimate of drug-likeness (QED) is 0.130. The molecule has 11 aromatic carbocycles. The van der Waals surface area contributed by atoms with Crippen LogP contribution in [0.15, 0.2) is 217 Å². The maximum atomic E-state index is 7.33. The fourth-order valence-corrected chi connectivity index (χ4v) is 16.6. The number of anilines is 6. The van der Waals surface area contributed by atoms with Crippen molar-refractivity contribution in [3.63, 3.8) is 0 Å². The second-order valence-electron chi connectivity index (χ2n) is 17.5. The Morgan fingerprint density at radius 2 is 0.864 bits per heavy atom. The third-order valence-corrected chi connectivity index (χ3v) is 18.9. The molecule has 15 rings (SSSR count). The third kappa shape index (κ3) is 4.80. The summed E-state index contributed by atoms with van der Waals surface area (Å²) >= 11 is 7.33. The van der Waals surface area contributed by atoms with Crippen molar-refractivity contribution < 1.29 is 9.15 Å². The average Bonchev–Trinajstić information content (AvgIpc) is 3.71. The van der Waals surface area contributed by atoms with Gasteiger partial charge < -0.3 is 19.0 Å². The van der Waals surface area contributed by atoms with Crippen molar-refractivity contribution in [1.29, 1.82) is 0 Å². The van der Waals surface area contributed by atoms with Crippen LogP contribution in [0.5, 0.6) is 11.5 Å². The SMILES string of the molecule is S=P12c3c4cccc3N(c3ccccc3)c3cccc(c31)N(c1ccccc1)c1cc(-c3c5ccccc5c(-c5ccc6oc7cc8ccccc8cc7c6c5)c5ccccc35)cc(c12)O4. The van der Waals surface area contributed by atoms with Crippen LogP contribution in [0.3, 0.4) is 0 Å². The number of benzene rings is 11. The molecule has 4 nitrogen and oxygen atoms in total. The fraction of sp³-hybridized carbons (Fsp3) is 0. The number of hydrogen-bond donors (Lipinski definition) is 0. The monoisotopic (exact) mass is 878 g/mol. The molecule has 12 aromatic rings. The van der Waals surface area contributed by atoms with Gasteiger partial charge in [-0.1, -0.05) is 139 Å². The molecule has 3 aliphatic heterocycles. The summed E-state index contributed by atoms with van der Waals surface area (Å²) in [5.41, 5.74) is 12.9. The standard InChI is InChI=1S/C60H35N2O2PS/c66-65-58-48-25-13-26-49(58)62(41-19-5-2-6-20-41)51-33-39(35-55(60(51)65)64-53-28-14-27-50(59(53)65)61(48)40-17-3-1-4-18-40)57-44-23-11-9-21-42(44)56(43-22-10-12-24-45(43)57)38-29-30-52-46(32-38)47-31-36-15-7-8-16-37(36)34-54(47)63-52/h1-35H. The minimum absolute atomic E-state index is 0.826. The lowest BCUT2D eigenvalue weighted by atomic mass is 9.85. The Hall–Kier alpha value is -7.95. The van der Waals surface area contributed by atoms with Gasteiger partial charge in [0.25, 0.3) is 0 Å². The molecule has 3 aliphatic rings. The van der Waals surface area contributed by atoms with Crippen molar-refractivity contribution in [2.45, 2.75) is 0 Å². The van der Waals surface area contributed by atoms with E-state index < -0.39 is 6.04 Å². The first-order chi connectivity index (χ1) is 32.6. The molecule has 0 N–H and O–H groups in total. The molecule has 308 valence electrons. The molecule has 0 saturated carbocycles. The molecule has 66 heavy (non-hydrogen) atoms. The van der Waals surface area contributed by atoms with Crippen LogP contribution in [0.25, 0.3) is 76.5 Å². The van der Waals surface area contributed by atoms with E-state index in [2.05, 4.69) is 222 Å². The van der Waals surface area contributed by atoms with Gasteiger partial charge in [0, 0.05) is 27.5 Å². The van der Waals surface area contributed by atoms with Crippen LogP contribution in [0.4, 0.5) is 34.1 Å². The zero-order valence-corrected chi connectivity index (χ0v) is 37.0. The van der Waals surface area contributed by atoms with Gasteiger partial charge in [-0.05, 0) is 140 Å². The largest absolute Gasteiger partial charge is 0.456 e. The summed E-state index contributed by atoms with van der Waals surface area (Å²) in [5, 5.41) is 12.7. The summed E-state index contributed by atoms with van der Waals surface area (Å²) in [5.74, 6) is 1.66. The highest BCUT2D eigenvalue weighted by atomic mass is 32.4. The Morgan fingerprint density at radius 1 is 0.348 bits per heavy atom. The zero-order valence-electron chi connectivity index (χ0n) is 35.3. The van der Waals surface area contributed by atoms with E-state index in [1.165, 1.54) is 43.2 Å². The summed E-state index contributed by atoms with van der Waals surface area (Å²) in [6, 6.07) is 73.9. The highest BCUT2D eigenvalue weighted by Gasteiger charge is 2.50. The van der Waals surface area contributed by atoms with Crippen LogP contribution < -0.4 is 30.5 Å². The van der Waals surface area contributed by atoms with Gasteiger partial charge >= 0.3 is 0 Å². The highest BCUT2D eigenvalue weighted by Crippen LogP contribution is 2.66. The number of nitrogens with zero attached hydrogens (tertiary/aromatic N) is 2. The predicted molar refractivity (Wildman–Crippen MR) is 280 cm³/mol. The number of furan rings is 1. The molecule has 0 saturated heterocycles. The number of rotatable bonds is 4. The molecule has 1 atom stereocenters. The number of para-hydroxylation sites is 2. The van der Waals surface area contributed by atoms with Gasteiger partial charge in [-0.25, -0.2) is 0 Å². The topological polar surface area (TPSA) is 28.9 Å². The van der Waals surface area contributed by atoms with Gasteiger partial charge in [0.05, 0.1) is 39.4 Å². The molecule has 1 aromatic heterocycles. The number of fused-ring (bicyclic) bond motifs is 6. The van der Waals surface area contributed by atoms with E-state index >= 15 is 0 Å². The van der Waals surface area contributed by atoms with E-state index in [4.69, 9.17) is 21.0 Å². The molecule has 4 heterocycles. The van der Waals surface area contributed by atoms with Gasteiger partial charge in [-0.2, -0.15) is 0 Å². The Balaban J connectivity index is 1.01. The van der Waals surface area contributed by atoms with Gasteiger partial charge in [-0.15, -0.1) is 0 Å². The molecule has 0 aliphatic carbocycles. The molecule has 6 heteroatoms. The molecular weight excluding hydrogens is 844 g/mol. The second-order valence-corrected chi connectivity index (χ2v) is 21.7. The third-order valence-electron chi connectivity index (χ3n) is 14.0. The minimum Gasteiger partial charge on any atom is -0.456 e. The summed E-state index contributed by atoms with van der Waals surface area (Å²) < 4.78 is 13.7. The smallest absolute Gasteiger partial charge is 0.139 e.